The Morgan fingerprint density at radius 1 is 1.17 bits per heavy atom. The molecule has 1 amide bonds. The highest BCUT2D eigenvalue weighted by Gasteiger charge is 2.34. The van der Waals surface area contributed by atoms with Gasteiger partial charge in [-0.15, -0.1) is 0 Å². The number of rotatable bonds is 6. The molecule has 29 heavy (non-hydrogen) atoms. The third-order valence-corrected chi connectivity index (χ3v) is 7.15. The molecule has 1 N–H and O–H groups in total. The highest BCUT2D eigenvalue weighted by Crippen LogP contribution is 2.30. The normalized spacial score (nSPS) is 16.9. The van der Waals surface area contributed by atoms with Gasteiger partial charge in [-0.2, -0.15) is 4.31 Å². The minimum absolute atomic E-state index is 0.0817. The van der Waals surface area contributed by atoms with E-state index in [-0.39, 0.29) is 41.6 Å². The Hall–Kier alpha value is -2.45. The molecule has 6 nitrogen and oxygen atoms in total. The molecular weight excluding hydrogens is 395 g/mol. The first kappa shape index (κ1) is 21.3. The molecule has 1 heterocycles. The van der Waals surface area contributed by atoms with Crippen LogP contribution in [0.5, 0.6) is 5.75 Å². The van der Waals surface area contributed by atoms with Gasteiger partial charge in [0.15, 0.2) is 0 Å². The minimum atomic E-state index is -3.91. The van der Waals surface area contributed by atoms with Gasteiger partial charge in [-0.1, -0.05) is 30.3 Å². The van der Waals surface area contributed by atoms with Crippen molar-refractivity contribution in [2.75, 3.05) is 20.2 Å². The largest absolute Gasteiger partial charge is 0.495 e. The van der Waals surface area contributed by atoms with Crippen molar-refractivity contribution in [3.63, 3.8) is 0 Å². The first-order valence-corrected chi connectivity index (χ1v) is 11.0. The predicted molar refractivity (Wildman–Crippen MR) is 107 cm³/mol. The molecule has 156 valence electrons. The van der Waals surface area contributed by atoms with E-state index in [4.69, 9.17) is 4.74 Å². The molecule has 8 heteroatoms. The molecule has 1 aliphatic heterocycles. The summed E-state index contributed by atoms with van der Waals surface area (Å²) < 4.78 is 45.9. The van der Waals surface area contributed by atoms with Crippen molar-refractivity contribution >= 4 is 15.9 Å². The standard InChI is InChI=1S/C21H25FN2O4S/c1-15(16-6-4-3-5-7-16)23-21(25)17-10-12-24(13-11-17)29(26,27)20-14-18(22)8-9-19(20)28-2/h3-9,14-15,17H,10-13H2,1-2H3,(H,23,25)/t15-/m1/s1. The second-order valence-electron chi connectivity index (χ2n) is 7.11. The molecule has 1 saturated heterocycles. The van der Waals surface area contributed by atoms with Gasteiger partial charge in [-0.05, 0) is 43.5 Å². The second-order valence-corrected chi connectivity index (χ2v) is 9.02. The minimum Gasteiger partial charge on any atom is -0.495 e. The maximum atomic E-state index is 13.6. The van der Waals surface area contributed by atoms with E-state index in [9.17, 15) is 17.6 Å². The second kappa shape index (κ2) is 8.92. The molecule has 2 aromatic carbocycles. The molecule has 1 fully saturated rings. The van der Waals surface area contributed by atoms with Gasteiger partial charge in [0.25, 0.3) is 0 Å². The van der Waals surface area contributed by atoms with Gasteiger partial charge in [0.05, 0.1) is 13.2 Å². The fraction of sp³-hybridized carbons (Fsp3) is 0.381. The fourth-order valence-electron chi connectivity index (χ4n) is 3.51. The molecule has 3 rings (SSSR count). The molecular formula is C21H25FN2O4S. The third-order valence-electron chi connectivity index (χ3n) is 5.23. The molecule has 0 spiro atoms. The number of methoxy groups -OCH3 is 1. The van der Waals surface area contributed by atoms with Crippen LogP contribution in [-0.4, -0.2) is 38.8 Å². The molecule has 1 aliphatic rings. The van der Waals surface area contributed by atoms with Crippen LogP contribution in [0.4, 0.5) is 4.39 Å². The molecule has 0 bridgehead atoms. The summed E-state index contributed by atoms with van der Waals surface area (Å²) in [5.41, 5.74) is 1.01. The molecule has 0 unspecified atom stereocenters. The van der Waals surface area contributed by atoms with Crippen LogP contribution in [-0.2, 0) is 14.8 Å². The maximum absolute atomic E-state index is 13.6. The van der Waals surface area contributed by atoms with E-state index in [1.165, 1.54) is 17.5 Å². The summed E-state index contributed by atoms with van der Waals surface area (Å²) in [5, 5.41) is 3.00. The van der Waals surface area contributed by atoms with Gasteiger partial charge < -0.3 is 10.1 Å². The summed E-state index contributed by atoms with van der Waals surface area (Å²) in [6.45, 7) is 2.31. The lowest BCUT2D eigenvalue weighted by molar-refractivity contribution is -0.126. The number of hydrogen-bond acceptors (Lipinski definition) is 4. The Balaban J connectivity index is 1.64. The number of ether oxygens (including phenoxy) is 1. The van der Waals surface area contributed by atoms with Crippen molar-refractivity contribution in [1.82, 2.24) is 9.62 Å². The monoisotopic (exact) mass is 420 g/mol. The van der Waals surface area contributed by atoms with E-state index in [1.54, 1.807) is 0 Å². The molecule has 0 saturated carbocycles. The predicted octanol–water partition coefficient (Wildman–Crippen LogP) is 3.11. The highest BCUT2D eigenvalue weighted by molar-refractivity contribution is 7.89. The zero-order chi connectivity index (χ0) is 21.0. The van der Waals surface area contributed by atoms with Crippen LogP contribution in [0, 0.1) is 11.7 Å². The van der Waals surface area contributed by atoms with E-state index in [2.05, 4.69) is 5.32 Å². The summed E-state index contributed by atoms with van der Waals surface area (Å²) in [5.74, 6) is -0.889. The Morgan fingerprint density at radius 2 is 1.83 bits per heavy atom. The van der Waals surface area contributed by atoms with Crippen molar-refractivity contribution in [3.8, 4) is 5.75 Å². The van der Waals surface area contributed by atoms with Crippen LogP contribution >= 0.6 is 0 Å². The molecule has 0 aliphatic carbocycles. The SMILES string of the molecule is COc1ccc(F)cc1S(=O)(=O)N1CCC(C(=O)N[C@H](C)c2ccccc2)CC1. The van der Waals surface area contributed by atoms with Crippen molar-refractivity contribution < 1.29 is 22.3 Å². The van der Waals surface area contributed by atoms with Crippen LogP contribution in [0.25, 0.3) is 0 Å². The van der Waals surface area contributed by atoms with Crippen molar-refractivity contribution in [1.29, 1.82) is 0 Å². The number of carbonyl (C=O) groups is 1. The van der Waals surface area contributed by atoms with Crippen molar-refractivity contribution in [2.24, 2.45) is 5.92 Å². The number of sulfonamides is 1. The molecule has 1 atom stereocenters. The molecule has 0 radical (unpaired) electrons. The van der Waals surface area contributed by atoms with E-state index in [0.717, 1.165) is 17.7 Å². The number of benzene rings is 2. The van der Waals surface area contributed by atoms with Gasteiger partial charge in [0, 0.05) is 19.0 Å². The topological polar surface area (TPSA) is 75.7 Å². The van der Waals surface area contributed by atoms with E-state index >= 15 is 0 Å². The first-order valence-electron chi connectivity index (χ1n) is 9.52. The van der Waals surface area contributed by atoms with Crippen molar-refractivity contribution in [3.05, 3.63) is 59.9 Å². The van der Waals surface area contributed by atoms with Crippen LogP contribution in [0.15, 0.2) is 53.4 Å². The Kier molecular flexibility index (Phi) is 6.54. The summed E-state index contributed by atoms with van der Waals surface area (Å²) >= 11 is 0. The van der Waals surface area contributed by atoms with Gasteiger partial charge >= 0.3 is 0 Å². The zero-order valence-corrected chi connectivity index (χ0v) is 17.3. The average molecular weight is 421 g/mol. The van der Waals surface area contributed by atoms with E-state index < -0.39 is 15.8 Å². The number of hydrogen-bond donors (Lipinski definition) is 1. The van der Waals surface area contributed by atoms with Gasteiger partial charge in [0.2, 0.25) is 15.9 Å². The smallest absolute Gasteiger partial charge is 0.246 e. The Morgan fingerprint density at radius 3 is 2.45 bits per heavy atom. The van der Waals surface area contributed by atoms with Crippen LogP contribution in [0.2, 0.25) is 0 Å². The number of halogens is 1. The quantitative estimate of drug-likeness (QED) is 0.779. The number of nitrogens with zero attached hydrogens (tertiary/aromatic N) is 1. The van der Waals surface area contributed by atoms with Crippen molar-refractivity contribution in [2.45, 2.75) is 30.7 Å². The third kappa shape index (κ3) is 4.76. The van der Waals surface area contributed by atoms with Crippen LogP contribution in [0.1, 0.15) is 31.4 Å². The van der Waals surface area contributed by atoms with E-state index in [1.807, 2.05) is 37.3 Å². The summed E-state index contributed by atoms with van der Waals surface area (Å²) in [7, 11) is -2.56. The van der Waals surface area contributed by atoms with E-state index in [0.29, 0.717) is 12.8 Å². The summed E-state index contributed by atoms with van der Waals surface area (Å²) in [6, 6.07) is 13.0. The Bertz CT molecular complexity index is 958. The molecule has 0 aromatic heterocycles. The Labute approximate surface area is 170 Å². The maximum Gasteiger partial charge on any atom is 0.246 e. The van der Waals surface area contributed by atoms with Crippen LogP contribution in [0.3, 0.4) is 0 Å². The lowest BCUT2D eigenvalue weighted by Crippen LogP contribution is -2.43. The highest BCUT2D eigenvalue weighted by atomic mass is 32.2. The fourth-order valence-corrected chi connectivity index (χ4v) is 5.14. The average Bonchev–Trinajstić information content (AvgIpc) is 2.74. The summed E-state index contributed by atoms with van der Waals surface area (Å²) in [4.78, 5) is 12.4. The summed E-state index contributed by atoms with van der Waals surface area (Å²) in [6.07, 6.45) is 0.814. The number of nitrogens with one attached hydrogen (secondary N) is 1. The first-order chi connectivity index (χ1) is 13.8. The van der Waals surface area contributed by atoms with Gasteiger partial charge in [-0.25, -0.2) is 12.8 Å². The lowest BCUT2D eigenvalue weighted by Gasteiger charge is -2.31. The number of piperidine rings is 1. The van der Waals surface area contributed by atoms with Gasteiger partial charge in [-0.3, -0.25) is 4.79 Å². The van der Waals surface area contributed by atoms with Gasteiger partial charge in [0.1, 0.15) is 16.5 Å². The molecule has 2 aromatic rings. The zero-order valence-electron chi connectivity index (χ0n) is 16.5. The lowest BCUT2D eigenvalue weighted by atomic mass is 9.96. The van der Waals surface area contributed by atoms with Crippen LogP contribution < -0.4 is 10.1 Å². The number of amides is 1. The number of carbonyl (C=O) groups excluding carboxylic acids is 1.